The minimum absolute atomic E-state index is 0.219. The maximum absolute atomic E-state index is 12.4. The average Bonchev–Trinajstić information content (AvgIpc) is 2.48. The molecule has 0 fully saturated rings. The topological polar surface area (TPSA) is 43.4 Å². The van der Waals surface area contributed by atoms with Crippen LogP contribution in [-0.4, -0.2) is 8.42 Å². The molecular weight excluding hydrogens is 284 g/mol. The van der Waals surface area contributed by atoms with Gasteiger partial charge >= 0.3 is 0 Å². The summed E-state index contributed by atoms with van der Waals surface area (Å²) in [7, 11) is -3.72. The molecule has 0 aromatic heterocycles. The van der Waals surface area contributed by atoms with Gasteiger partial charge in [-0.2, -0.15) is 8.42 Å². The van der Waals surface area contributed by atoms with Crippen LogP contribution >= 0.6 is 0 Å². The molecule has 110 valence electrons. The molecule has 0 amide bonds. The zero-order chi connectivity index (χ0) is 14.9. The Morgan fingerprint density at radius 2 is 1.76 bits per heavy atom. The first-order valence-corrected chi connectivity index (χ1v) is 8.55. The number of benzene rings is 2. The quantitative estimate of drug-likeness (QED) is 0.810. The van der Waals surface area contributed by atoms with Crippen molar-refractivity contribution in [1.82, 2.24) is 0 Å². The van der Waals surface area contributed by atoms with Crippen molar-refractivity contribution in [2.45, 2.75) is 37.2 Å². The Morgan fingerprint density at radius 3 is 2.52 bits per heavy atom. The van der Waals surface area contributed by atoms with E-state index in [1.165, 1.54) is 5.56 Å². The third kappa shape index (κ3) is 3.01. The van der Waals surface area contributed by atoms with Gasteiger partial charge < -0.3 is 0 Å². The second-order valence-corrected chi connectivity index (χ2v) is 7.02. The van der Waals surface area contributed by atoms with Crippen LogP contribution in [-0.2, 0) is 20.7 Å². The van der Waals surface area contributed by atoms with Crippen molar-refractivity contribution in [2.75, 3.05) is 0 Å². The van der Waals surface area contributed by atoms with Gasteiger partial charge in [0, 0.05) is 0 Å². The lowest BCUT2D eigenvalue weighted by Crippen LogP contribution is -2.17. The number of rotatable bonds is 3. The predicted octanol–water partition coefficient (Wildman–Crippen LogP) is 3.78. The Balaban J connectivity index is 1.88. The van der Waals surface area contributed by atoms with Crippen LogP contribution in [0.1, 0.15) is 35.6 Å². The third-order valence-electron chi connectivity index (χ3n) is 3.87. The van der Waals surface area contributed by atoms with Gasteiger partial charge in [0.25, 0.3) is 10.1 Å². The maximum Gasteiger partial charge on any atom is 0.297 e. The zero-order valence-electron chi connectivity index (χ0n) is 12.0. The summed E-state index contributed by atoms with van der Waals surface area (Å²) >= 11 is 0. The highest BCUT2D eigenvalue weighted by molar-refractivity contribution is 7.86. The average molecular weight is 302 g/mol. The van der Waals surface area contributed by atoms with Crippen molar-refractivity contribution in [3.8, 4) is 0 Å². The molecule has 4 heteroatoms. The van der Waals surface area contributed by atoms with Gasteiger partial charge in [0.1, 0.15) is 6.10 Å². The van der Waals surface area contributed by atoms with E-state index in [1.807, 2.05) is 31.2 Å². The molecule has 0 aliphatic heterocycles. The van der Waals surface area contributed by atoms with Gasteiger partial charge in [-0.1, -0.05) is 42.0 Å². The van der Waals surface area contributed by atoms with E-state index in [9.17, 15) is 8.42 Å². The zero-order valence-corrected chi connectivity index (χ0v) is 12.8. The molecule has 0 radical (unpaired) electrons. The van der Waals surface area contributed by atoms with Crippen molar-refractivity contribution < 1.29 is 12.6 Å². The highest BCUT2D eigenvalue weighted by atomic mass is 32.2. The standard InChI is InChI=1S/C17H18O3S/c1-13-9-11-15(12-10-13)21(18,19)20-17-8-4-6-14-5-2-3-7-16(14)17/h2-3,5,7,9-12,17H,4,6,8H2,1H3/t17-/m0/s1. The Kier molecular flexibility index (Phi) is 3.83. The van der Waals surface area contributed by atoms with Crippen LogP contribution in [0.25, 0.3) is 0 Å². The van der Waals surface area contributed by atoms with Gasteiger partial charge in [-0.3, -0.25) is 4.18 Å². The molecule has 3 nitrogen and oxygen atoms in total. The fourth-order valence-electron chi connectivity index (χ4n) is 2.72. The Labute approximate surface area is 125 Å². The van der Waals surface area contributed by atoms with E-state index in [0.717, 1.165) is 30.4 Å². The number of fused-ring (bicyclic) bond motifs is 1. The molecule has 0 heterocycles. The van der Waals surface area contributed by atoms with E-state index in [-0.39, 0.29) is 11.0 Å². The minimum Gasteiger partial charge on any atom is -0.258 e. The predicted molar refractivity (Wildman–Crippen MR) is 81.6 cm³/mol. The van der Waals surface area contributed by atoms with Crippen LogP contribution in [0.4, 0.5) is 0 Å². The first-order chi connectivity index (χ1) is 10.1. The van der Waals surface area contributed by atoms with Crippen molar-refractivity contribution >= 4 is 10.1 Å². The van der Waals surface area contributed by atoms with E-state index in [0.29, 0.717) is 0 Å². The molecule has 0 saturated carbocycles. The van der Waals surface area contributed by atoms with Crippen LogP contribution in [0.2, 0.25) is 0 Å². The summed E-state index contributed by atoms with van der Waals surface area (Å²) in [5, 5.41) is 0. The second kappa shape index (κ2) is 5.62. The molecule has 0 saturated heterocycles. The SMILES string of the molecule is Cc1ccc(S(=O)(=O)O[C@H]2CCCc3ccccc32)cc1. The number of aryl methyl sites for hydroxylation is 2. The largest absolute Gasteiger partial charge is 0.297 e. The first-order valence-electron chi connectivity index (χ1n) is 7.14. The third-order valence-corrected chi connectivity index (χ3v) is 5.20. The highest BCUT2D eigenvalue weighted by Crippen LogP contribution is 2.34. The number of hydrogen-bond donors (Lipinski definition) is 0. The Morgan fingerprint density at radius 1 is 1.05 bits per heavy atom. The normalized spacial score (nSPS) is 18.2. The van der Waals surface area contributed by atoms with Crippen LogP contribution in [0.15, 0.2) is 53.4 Å². The van der Waals surface area contributed by atoms with Crippen molar-refractivity contribution in [3.05, 3.63) is 65.2 Å². The summed E-state index contributed by atoms with van der Waals surface area (Å²) in [6, 6.07) is 14.7. The van der Waals surface area contributed by atoms with Crippen molar-refractivity contribution in [2.24, 2.45) is 0 Å². The van der Waals surface area contributed by atoms with Gasteiger partial charge in [-0.25, -0.2) is 0 Å². The molecule has 1 aliphatic rings. The fraction of sp³-hybridized carbons (Fsp3) is 0.294. The van der Waals surface area contributed by atoms with Gasteiger partial charge in [0.15, 0.2) is 0 Å². The minimum atomic E-state index is -3.72. The highest BCUT2D eigenvalue weighted by Gasteiger charge is 2.27. The molecule has 1 aliphatic carbocycles. The molecule has 1 atom stereocenters. The van der Waals surface area contributed by atoms with E-state index >= 15 is 0 Å². The second-order valence-electron chi connectivity index (χ2n) is 5.44. The molecular formula is C17H18O3S. The van der Waals surface area contributed by atoms with Crippen LogP contribution in [0.3, 0.4) is 0 Å². The van der Waals surface area contributed by atoms with Gasteiger partial charge in [-0.15, -0.1) is 0 Å². The first kappa shape index (κ1) is 14.3. The van der Waals surface area contributed by atoms with Crippen LogP contribution < -0.4 is 0 Å². The molecule has 0 bridgehead atoms. The molecule has 0 spiro atoms. The molecule has 21 heavy (non-hydrogen) atoms. The summed E-state index contributed by atoms with van der Waals surface area (Å²) in [5.41, 5.74) is 3.21. The van der Waals surface area contributed by atoms with Gasteiger partial charge in [-0.05, 0) is 49.4 Å². The van der Waals surface area contributed by atoms with E-state index in [4.69, 9.17) is 4.18 Å². The lowest BCUT2D eigenvalue weighted by atomic mass is 9.90. The Hall–Kier alpha value is -1.65. The smallest absolute Gasteiger partial charge is 0.258 e. The van der Waals surface area contributed by atoms with Gasteiger partial charge in [0.2, 0.25) is 0 Å². The summed E-state index contributed by atoms with van der Waals surface area (Å²) in [6.45, 7) is 1.93. The summed E-state index contributed by atoms with van der Waals surface area (Å²) < 4.78 is 30.3. The lowest BCUT2D eigenvalue weighted by molar-refractivity contribution is 0.191. The summed E-state index contributed by atoms with van der Waals surface area (Å²) in [4.78, 5) is 0.219. The molecule has 2 aromatic rings. The summed E-state index contributed by atoms with van der Waals surface area (Å²) in [6.07, 6.45) is 2.30. The molecule has 0 unspecified atom stereocenters. The van der Waals surface area contributed by atoms with Crippen LogP contribution in [0, 0.1) is 6.92 Å². The molecule has 2 aromatic carbocycles. The van der Waals surface area contributed by atoms with Gasteiger partial charge in [0.05, 0.1) is 4.90 Å². The number of hydrogen-bond acceptors (Lipinski definition) is 3. The molecule has 3 rings (SSSR count). The molecule has 0 N–H and O–H groups in total. The van der Waals surface area contributed by atoms with E-state index < -0.39 is 10.1 Å². The maximum atomic E-state index is 12.4. The van der Waals surface area contributed by atoms with Crippen LogP contribution in [0.5, 0.6) is 0 Å². The van der Waals surface area contributed by atoms with E-state index in [1.54, 1.807) is 24.3 Å². The lowest BCUT2D eigenvalue weighted by Gasteiger charge is -2.25. The van der Waals surface area contributed by atoms with Crippen molar-refractivity contribution in [1.29, 1.82) is 0 Å². The Bertz CT molecular complexity index is 733. The fourth-order valence-corrected chi connectivity index (χ4v) is 3.81. The summed E-state index contributed by atoms with van der Waals surface area (Å²) in [5.74, 6) is 0. The van der Waals surface area contributed by atoms with Crippen molar-refractivity contribution in [3.63, 3.8) is 0 Å². The van der Waals surface area contributed by atoms with E-state index in [2.05, 4.69) is 0 Å². The monoisotopic (exact) mass is 302 g/mol.